The molecule has 0 radical (unpaired) electrons. The number of allylic oxidation sites excluding steroid dienone is 1. The first-order valence-electron chi connectivity index (χ1n) is 10.0. The standard InChI is InChI=1S/C16H20N2.3C2H6/c1-2-7-11-15-14(10-4-1)12-17-18-16(15)13-8-5-3-6-9-13;3*1-2/h3,5-6,8-9,17H,1-2,4,7,10-12H2;3*1-2H3. The van der Waals surface area contributed by atoms with Crippen LogP contribution in [0, 0.1) is 0 Å². The highest BCUT2D eigenvalue weighted by Crippen LogP contribution is 2.27. The Morgan fingerprint density at radius 3 is 1.96 bits per heavy atom. The molecule has 1 heterocycles. The van der Waals surface area contributed by atoms with Crippen LogP contribution in [-0.4, -0.2) is 12.3 Å². The third-order valence-electron chi connectivity index (χ3n) is 3.90. The monoisotopic (exact) mass is 330 g/mol. The van der Waals surface area contributed by atoms with Gasteiger partial charge in [0.25, 0.3) is 0 Å². The van der Waals surface area contributed by atoms with E-state index in [4.69, 9.17) is 0 Å². The first-order chi connectivity index (χ1) is 11.9. The highest BCUT2D eigenvalue weighted by molar-refractivity contribution is 6.13. The second kappa shape index (κ2) is 15.0. The minimum atomic E-state index is 0.950. The molecule has 1 aromatic carbocycles. The predicted molar refractivity (Wildman–Crippen MR) is 110 cm³/mol. The highest BCUT2D eigenvalue weighted by Gasteiger charge is 2.19. The van der Waals surface area contributed by atoms with Gasteiger partial charge in [0.15, 0.2) is 0 Å². The van der Waals surface area contributed by atoms with Gasteiger partial charge in [0.1, 0.15) is 0 Å². The van der Waals surface area contributed by atoms with E-state index in [0.29, 0.717) is 0 Å². The summed E-state index contributed by atoms with van der Waals surface area (Å²) in [6.45, 7) is 13.0. The molecule has 0 fully saturated rings. The minimum Gasteiger partial charge on any atom is -0.305 e. The van der Waals surface area contributed by atoms with E-state index < -0.39 is 0 Å². The Morgan fingerprint density at radius 2 is 1.33 bits per heavy atom. The van der Waals surface area contributed by atoms with Crippen molar-refractivity contribution in [1.82, 2.24) is 5.43 Å². The molecule has 0 saturated carbocycles. The van der Waals surface area contributed by atoms with Crippen LogP contribution in [0.3, 0.4) is 0 Å². The van der Waals surface area contributed by atoms with Gasteiger partial charge in [-0.15, -0.1) is 0 Å². The van der Waals surface area contributed by atoms with Gasteiger partial charge in [0.05, 0.1) is 12.3 Å². The van der Waals surface area contributed by atoms with Gasteiger partial charge in [0.2, 0.25) is 0 Å². The summed E-state index contributed by atoms with van der Waals surface area (Å²) in [5.41, 5.74) is 8.74. The molecule has 1 aromatic rings. The average molecular weight is 331 g/mol. The Morgan fingerprint density at radius 1 is 0.750 bits per heavy atom. The maximum atomic E-state index is 4.57. The number of hydrogen-bond acceptors (Lipinski definition) is 2. The molecule has 2 heteroatoms. The zero-order valence-electron chi connectivity index (χ0n) is 16.8. The second-order valence-corrected chi connectivity index (χ2v) is 5.16. The molecule has 136 valence electrons. The molecular weight excluding hydrogens is 292 g/mol. The Kier molecular flexibility index (Phi) is 14.0. The van der Waals surface area contributed by atoms with Gasteiger partial charge in [-0.3, -0.25) is 0 Å². The third kappa shape index (κ3) is 6.90. The van der Waals surface area contributed by atoms with Crippen LogP contribution in [0.4, 0.5) is 0 Å². The minimum absolute atomic E-state index is 0.950. The fourth-order valence-electron chi connectivity index (χ4n) is 2.92. The van der Waals surface area contributed by atoms with Crippen LogP contribution in [0.1, 0.15) is 85.6 Å². The third-order valence-corrected chi connectivity index (χ3v) is 3.90. The lowest BCUT2D eigenvalue weighted by atomic mass is 9.87. The molecule has 24 heavy (non-hydrogen) atoms. The molecular formula is C22H38N2. The molecule has 2 nitrogen and oxygen atoms in total. The molecule has 0 amide bonds. The number of hydrogen-bond donors (Lipinski definition) is 1. The summed E-state index contributed by atoms with van der Waals surface area (Å²) in [4.78, 5) is 0. The van der Waals surface area contributed by atoms with Crippen LogP contribution >= 0.6 is 0 Å². The molecule has 1 N–H and O–H groups in total. The smallest absolute Gasteiger partial charge is 0.0933 e. The lowest BCUT2D eigenvalue weighted by Crippen LogP contribution is -2.25. The number of nitrogens with zero attached hydrogens (tertiary/aromatic N) is 1. The Bertz CT molecular complexity index is 472. The van der Waals surface area contributed by atoms with Crippen molar-refractivity contribution in [3.8, 4) is 0 Å². The fourth-order valence-corrected chi connectivity index (χ4v) is 2.92. The van der Waals surface area contributed by atoms with Crippen molar-refractivity contribution in [1.29, 1.82) is 0 Å². The molecule has 0 aromatic heterocycles. The molecule has 0 unspecified atom stereocenters. The summed E-state index contributed by atoms with van der Waals surface area (Å²) >= 11 is 0. The van der Waals surface area contributed by atoms with E-state index in [1.807, 2.05) is 41.5 Å². The Hall–Kier alpha value is -1.57. The lowest BCUT2D eigenvalue weighted by molar-refractivity contribution is 0.597. The van der Waals surface area contributed by atoms with Gasteiger partial charge in [-0.1, -0.05) is 84.7 Å². The number of rotatable bonds is 1. The van der Waals surface area contributed by atoms with Crippen molar-refractivity contribution in [2.24, 2.45) is 5.10 Å². The van der Waals surface area contributed by atoms with E-state index in [-0.39, 0.29) is 0 Å². The van der Waals surface area contributed by atoms with E-state index >= 15 is 0 Å². The molecule has 3 rings (SSSR count). The van der Waals surface area contributed by atoms with Crippen molar-refractivity contribution in [2.45, 2.75) is 80.1 Å². The Labute approximate surface area is 150 Å². The van der Waals surface area contributed by atoms with Crippen molar-refractivity contribution in [3.63, 3.8) is 0 Å². The van der Waals surface area contributed by atoms with Crippen molar-refractivity contribution < 1.29 is 0 Å². The van der Waals surface area contributed by atoms with Gasteiger partial charge < -0.3 is 5.43 Å². The van der Waals surface area contributed by atoms with Crippen LogP contribution in [0.2, 0.25) is 0 Å². The summed E-state index contributed by atoms with van der Waals surface area (Å²) in [6.07, 6.45) is 7.84. The molecule has 0 atom stereocenters. The van der Waals surface area contributed by atoms with Crippen molar-refractivity contribution in [3.05, 3.63) is 47.0 Å². The average Bonchev–Trinajstić information content (AvgIpc) is 2.67. The van der Waals surface area contributed by atoms with Gasteiger partial charge in [-0.2, -0.15) is 5.10 Å². The zero-order valence-corrected chi connectivity index (χ0v) is 16.8. The summed E-state index contributed by atoms with van der Waals surface area (Å²) in [5, 5.41) is 4.57. The first-order valence-corrected chi connectivity index (χ1v) is 10.0. The van der Waals surface area contributed by atoms with E-state index in [1.54, 1.807) is 5.57 Å². The lowest BCUT2D eigenvalue weighted by Gasteiger charge is -2.24. The maximum Gasteiger partial charge on any atom is 0.0933 e. The molecule has 0 saturated heterocycles. The maximum absolute atomic E-state index is 4.57. The quantitative estimate of drug-likeness (QED) is 0.607. The number of benzene rings is 1. The van der Waals surface area contributed by atoms with Crippen LogP contribution in [0.15, 0.2) is 46.6 Å². The summed E-state index contributed by atoms with van der Waals surface area (Å²) in [5.74, 6) is 0. The van der Waals surface area contributed by atoms with E-state index in [1.165, 1.54) is 55.4 Å². The van der Waals surface area contributed by atoms with Gasteiger partial charge in [0, 0.05) is 5.56 Å². The molecule has 1 aliphatic carbocycles. The van der Waals surface area contributed by atoms with E-state index in [2.05, 4.69) is 40.9 Å². The highest BCUT2D eigenvalue weighted by atomic mass is 15.3. The number of hydrazone groups is 1. The molecule has 1 aliphatic heterocycles. The first kappa shape index (κ1) is 22.4. The fraction of sp³-hybridized carbons (Fsp3) is 0.591. The van der Waals surface area contributed by atoms with Crippen LogP contribution in [0.5, 0.6) is 0 Å². The summed E-state index contributed by atoms with van der Waals surface area (Å²) in [7, 11) is 0. The number of nitrogens with one attached hydrogen (secondary N) is 1. The van der Waals surface area contributed by atoms with Crippen LogP contribution in [-0.2, 0) is 0 Å². The van der Waals surface area contributed by atoms with Crippen molar-refractivity contribution in [2.75, 3.05) is 6.54 Å². The largest absolute Gasteiger partial charge is 0.305 e. The van der Waals surface area contributed by atoms with Gasteiger partial charge >= 0.3 is 0 Å². The van der Waals surface area contributed by atoms with Crippen LogP contribution < -0.4 is 5.43 Å². The molecule has 2 aliphatic rings. The molecule has 0 bridgehead atoms. The van der Waals surface area contributed by atoms with Gasteiger partial charge in [-0.05, 0) is 36.8 Å². The van der Waals surface area contributed by atoms with Crippen molar-refractivity contribution >= 4 is 5.71 Å². The topological polar surface area (TPSA) is 24.4 Å². The normalized spacial score (nSPS) is 16.0. The zero-order chi connectivity index (χ0) is 18.2. The van der Waals surface area contributed by atoms with Gasteiger partial charge in [-0.25, -0.2) is 0 Å². The molecule has 0 spiro atoms. The SMILES string of the molecule is CC.CC.CC.c1ccc(C2=NNCC3=C2CCCCCC3)cc1. The Balaban J connectivity index is 0.000000798. The summed E-state index contributed by atoms with van der Waals surface area (Å²) in [6, 6.07) is 10.6. The van der Waals surface area contributed by atoms with E-state index in [0.717, 1.165) is 6.54 Å². The second-order valence-electron chi connectivity index (χ2n) is 5.16. The predicted octanol–water partition coefficient (Wildman–Crippen LogP) is 6.72. The van der Waals surface area contributed by atoms with Crippen LogP contribution in [0.25, 0.3) is 0 Å². The summed E-state index contributed by atoms with van der Waals surface area (Å²) < 4.78 is 0. The van der Waals surface area contributed by atoms with E-state index in [9.17, 15) is 0 Å².